The van der Waals surface area contributed by atoms with Crippen LogP contribution >= 0.6 is 0 Å². The van der Waals surface area contributed by atoms with Crippen molar-refractivity contribution in [3.63, 3.8) is 0 Å². The van der Waals surface area contributed by atoms with Crippen molar-refractivity contribution in [3.05, 3.63) is 89.5 Å². The molecule has 0 aromatic heterocycles. The van der Waals surface area contributed by atoms with Gasteiger partial charge in [0.15, 0.2) is 0 Å². The van der Waals surface area contributed by atoms with Gasteiger partial charge >= 0.3 is 15.5 Å². The Kier molecular flexibility index (Phi) is 8.85. The molecule has 0 fully saturated rings. The second-order valence-corrected chi connectivity index (χ2v) is 11.2. The molecule has 0 radical (unpaired) electrons. The second-order valence-electron chi connectivity index (χ2n) is 9.48. The summed E-state index contributed by atoms with van der Waals surface area (Å²) in [7, 11) is -5.63. The van der Waals surface area contributed by atoms with Crippen LogP contribution in [0.2, 0.25) is 0 Å². The molecule has 11 heteroatoms. The minimum atomic E-state index is -5.63. The zero-order valence-corrected chi connectivity index (χ0v) is 23.0. The Morgan fingerprint density at radius 1 is 0.900 bits per heavy atom. The number of alkyl halides is 3. The van der Waals surface area contributed by atoms with E-state index in [2.05, 4.69) is 29.4 Å². The molecule has 4 rings (SSSR count). The van der Waals surface area contributed by atoms with Crippen molar-refractivity contribution in [2.75, 3.05) is 28.4 Å². The number of carbonyl (C=O) groups is 1. The first-order chi connectivity index (χ1) is 19.0. The van der Waals surface area contributed by atoms with Crippen LogP contribution in [0.5, 0.6) is 0 Å². The first kappa shape index (κ1) is 29.2. The van der Waals surface area contributed by atoms with Gasteiger partial charge in [0.25, 0.3) is 5.91 Å². The molecule has 1 aliphatic rings. The molecule has 0 spiro atoms. The number of benzene rings is 3. The van der Waals surface area contributed by atoms with E-state index in [1.807, 2.05) is 30.3 Å². The van der Waals surface area contributed by atoms with E-state index in [1.165, 1.54) is 18.2 Å². The minimum absolute atomic E-state index is 0.176. The van der Waals surface area contributed by atoms with Crippen LogP contribution in [0, 0.1) is 0 Å². The van der Waals surface area contributed by atoms with E-state index in [0.717, 1.165) is 38.0 Å². The molecule has 0 saturated heterocycles. The lowest BCUT2D eigenvalue weighted by Crippen LogP contribution is -2.29. The summed E-state index contributed by atoms with van der Waals surface area (Å²) in [5, 5.41) is 6.03. The van der Waals surface area contributed by atoms with Crippen molar-refractivity contribution in [2.45, 2.75) is 38.7 Å². The van der Waals surface area contributed by atoms with Gasteiger partial charge in [0.05, 0.1) is 11.3 Å². The first-order valence-corrected chi connectivity index (χ1v) is 14.4. The van der Waals surface area contributed by atoms with Gasteiger partial charge in [-0.15, -0.1) is 0 Å². The van der Waals surface area contributed by atoms with Gasteiger partial charge in [-0.1, -0.05) is 56.3 Å². The third-order valence-electron chi connectivity index (χ3n) is 6.34. The number of carbonyl (C=O) groups excluding carboxylic acids is 1. The summed E-state index contributed by atoms with van der Waals surface area (Å²) < 4.78 is 63.8. The standard InChI is InChI=1S/C29H31F3N4O3S/c1-3-16-36(17-4-2)19-20-10-12-22(13-11-20)33-27(21-8-6-5-7-9-21)26-24-18-23(14-15-25(24)34-28(26)37)35-40(38,39)29(30,31)32/h5-15,18,33,35H,3-4,16-17,19H2,1-2H3,(H,34,37)/b27-26+. The summed E-state index contributed by atoms with van der Waals surface area (Å²) in [5.41, 5.74) is -2.04. The maximum Gasteiger partial charge on any atom is 0.516 e. The molecule has 212 valence electrons. The number of anilines is 3. The van der Waals surface area contributed by atoms with Gasteiger partial charge in [0, 0.05) is 29.2 Å². The van der Waals surface area contributed by atoms with E-state index >= 15 is 0 Å². The van der Waals surface area contributed by atoms with Crippen LogP contribution in [0.4, 0.5) is 30.2 Å². The zero-order valence-electron chi connectivity index (χ0n) is 22.2. The topological polar surface area (TPSA) is 90.5 Å². The number of halogens is 3. The van der Waals surface area contributed by atoms with Gasteiger partial charge in [-0.05, 0) is 67.4 Å². The van der Waals surface area contributed by atoms with Crippen LogP contribution < -0.4 is 15.4 Å². The molecule has 3 N–H and O–H groups in total. The Labute approximate surface area is 232 Å². The maximum absolute atomic E-state index is 13.2. The lowest BCUT2D eigenvalue weighted by Gasteiger charge is -2.21. The van der Waals surface area contributed by atoms with Crippen molar-refractivity contribution < 1.29 is 26.4 Å². The average Bonchev–Trinajstić information content (AvgIpc) is 3.23. The Hall–Kier alpha value is -3.83. The van der Waals surface area contributed by atoms with Crippen LogP contribution in [0.15, 0.2) is 72.8 Å². The fourth-order valence-electron chi connectivity index (χ4n) is 4.57. The van der Waals surface area contributed by atoms with Gasteiger partial charge in [-0.25, -0.2) is 0 Å². The van der Waals surface area contributed by atoms with Crippen molar-refractivity contribution in [1.29, 1.82) is 0 Å². The summed E-state index contributed by atoms with van der Waals surface area (Å²) in [6, 6.07) is 20.6. The highest BCUT2D eigenvalue weighted by atomic mass is 32.2. The number of rotatable bonds is 11. The lowest BCUT2D eigenvalue weighted by atomic mass is 9.99. The number of sulfonamides is 1. The van der Waals surface area contributed by atoms with E-state index in [1.54, 1.807) is 29.0 Å². The van der Waals surface area contributed by atoms with E-state index < -0.39 is 21.4 Å². The summed E-state index contributed by atoms with van der Waals surface area (Å²) >= 11 is 0. The second kappa shape index (κ2) is 12.1. The number of nitrogens with one attached hydrogen (secondary N) is 3. The van der Waals surface area contributed by atoms with E-state index in [4.69, 9.17) is 0 Å². The Bertz CT molecular complexity index is 1480. The SMILES string of the molecule is CCCN(CCC)Cc1ccc(N/C(=C2/C(=O)Nc3ccc(NS(=O)(=O)C(F)(F)F)cc32)c2ccccc2)cc1. The quantitative estimate of drug-likeness (QED) is 0.228. The van der Waals surface area contributed by atoms with Crippen molar-refractivity contribution in [1.82, 2.24) is 4.90 Å². The molecule has 1 aliphatic heterocycles. The number of hydrogen-bond acceptors (Lipinski definition) is 5. The number of hydrogen-bond donors (Lipinski definition) is 3. The molecule has 0 atom stereocenters. The first-order valence-electron chi connectivity index (χ1n) is 12.9. The molecule has 0 unspecified atom stereocenters. The summed E-state index contributed by atoms with van der Waals surface area (Å²) in [6.07, 6.45) is 2.13. The molecular weight excluding hydrogens is 541 g/mol. The molecule has 0 bridgehead atoms. The van der Waals surface area contributed by atoms with Gasteiger partial charge < -0.3 is 10.6 Å². The van der Waals surface area contributed by atoms with E-state index in [9.17, 15) is 26.4 Å². The fourth-order valence-corrected chi connectivity index (χ4v) is 5.13. The summed E-state index contributed by atoms with van der Waals surface area (Å²) in [6.45, 7) is 7.14. The number of fused-ring (bicyclic) bond motifs is 1. The highest BCUT2D eigenvalue weighted by Crippen LogP contribution is 2.39. The van der Waals surface area contributed by atoms with Crippen LogP contribution in [0.25, 0.3) is 11.3 Å². The van der Waals surface area contributed by atoms with E-state index in [0.29, 0.717) is 22.6 Å². The molecule has 0 saturated carbocycles. The molecule has 7 nitrogen and oxygen atoms in total. The normalized spacial score (nSPS) is 14.6. The molecular formula is C29H31F3N4O3S. The lowest BCUT2D eigenvalue weighted by molar-refractivity contribution is -0.110. The predicted molar refractivity (Wildman–Crippen MR) is 153 cm³/mol. The van der Waals surface area contributed by atoms with Crippen LogP contribution in [-0.2, 0) is 21.4 Å². The Morgan fingerprint density at radius 2 is 1.52 bits per heavy atom. The van der Waals surface area contributed by atoms with Gasteiger partial charge in [0.2, 0.25) is 0 Å². The van der Waals surface area contributed by atoms with Gasteiger partial charge in [0.1, 0.15) is 0 Å². The predicted octanol–water partition coefficient (Wildman–Crippen LogP) is 6.50. The minimum Gasteiger partial charge on any atom is -0.354 e. The van der Waals surface area contributed by atoms with Gasteiger partial charge in [-0.2, -0.15) is 21.6 Å². The van der Waals surface area contributed by atoms with Crippen LogP contribution in [0.3, 0.4) is 0 Å². The molecule has 1 heterocycles. The Morgan fingerprint density at radius 3 is 2.12 bits per heavy atom. The maximum atomic E-state index is 13.2. The Balaban J connectivity index is 1.71. The molecule has 1 amide bonds. The van der Waals surface area contributed by atoms with Crippen molar-refractivity contribution in [2.24, 2.45) is 0 Å². The number of amides is 1. The fraction of sp³-hybridized carbons (Fsp3) is 0.276. The van der Waals surface area contributed by atoms with Crippen LogP contribution in [0.1, 0.15) is 43.4 Å². The van der Waals surface area contributed by atoms with Crippen molar-refractivity contribution >= 4 is 44.3 Å². The van der Waals surface area contributed by atoms with Gasteiger partial charge in [-0.3, -0.25) is 14.4 Å². The monoisotopic (exact) mass is 572 g/mol. The molecule has 3 aromatic carbocycles. The largest absolute Gasteiger partial charge is 0.516 e. The average molecular weight is 573 g/mol. The third-order valence-corrected chi connectivity index (χ3v) is 7.46. The molecule has 40 heavy (non-hydrogen) atoms. The zero-order chi connectivity index (χ0) is 28.9. The van der Waals surface area contributed by atoms with E-state index in [-0.39, 0.29) is 16.8 Å². The van der Waals surface area contributed by atoms with Crippen molar-refractivity contribution in [3.8, 4) is 0 Å². The highest BCUT2D eigenvalue weighted by Gasteiger charge is 2.46. The molecule has 3 aromatic rings. The third kappa shape index (κ3) is 6.65. The smallest absolute Gasteiger partial charge is 0.354 e. The highest BCUT2D eigenvalue weighted by molar-refractivity contribution is 7.93. The molecule has 0 aliphatic carbocycles. The number of nitrogens with zero attached hydrogens (tertiary/aromatic N) is 1. The summed E-state index contributed by atoms with van der Waals surface area (Å²) in [4.78, 5) is 15.6. The summed E-state index contributed by atoms with van der Waals surface area (Å²) in [5.74, 6) is -0.469. The van der Waals surface area contributed by atoms with Crippen LogP contribution in [-0.4, -0.2) is 37.8 Å².